The van der Waals surface area contributed by atoms with Gasteiger partial charge in [-0.2, -0.15) is 0 Å². The van der Waals surface area contributed by atoms with E-state index >= 15 is 0 Å². The van der Waals surface area contributed by atoms with Crippen LogP contribution in [0.4, 0.5) is 0 Å². The smallest absolute Gasteiger partial charge is 0.118 e. The van der Waals surface area contributed by atoms with Gasteiger partial charge in [-0.15, -0.1) is 0 Å². The average Bonchev–Trinajstić information content (AvgIpc) is 2.43. The molecule has 0 aromatic heterocycles. The second kappa shape index (κ2) is 8.95. The molecular weight excluding hydrogens is 224 g/mol. The van der Waals surface area contributed by atoms with E-state index in [1.54, 1.807) is 7.11 Å². The summed E-state index contributed by atoms with van der Waals surface area (Å²) in [5.41, 5.74) is 1.30. The van der Waals surface area contributed by atoms with E-state index in [0.717, 1.165) is 31.9 Å². The molecule has 0 amide bonds. The molecule has 0 aliphatic rings. The Bertz CT molecular complexity index is 311. The van der Waals surface area contributed by atoms with Gasteiger partial charge < -0.3 is 15.0 Å². The van der Waals surface area contributed by atoms with E-state index in [4.69, 9.17) is 4.74 Å². The zero-order chi connectivity index (χ0) is 13.2. The zero-order valence-electron chi connectivity index (χ0n) is 11.9. The molecule has 1 aromatic rings. The SMILES string of the molecule is CCCN(CC)CCNCc1ccc(OC)cc1. The summed E-state index contributed by atoms with van der Waals surface area (Å²) >= 11 is 0. The molecule has 3 heteroatoms. The molecular formula is C15H26N2O. The van der Waals surface area contributed by atoms with Crippen LogP contribution in [0.15, 0.2) is 24.3 Å². The van der Waals surface area contributed by atoms with Crippen molar-refractivity contribution in [2.45, 2.75) is 26.8 Å². The van der Waals surface area contributed by atoms with E-state index in [-0.39, 0.29) is 0 Å². The fourth-order valence-electron chi connectivity index (χ4n) is 1.96. The van der Waals surface area contributed by atoms with E-state index in [2.05, 4.69) is 36.2 Å². The molecule has 1 N–H and O–H groups in total. The summed E-state index contributed by atoms with van der Waals surface area (Å²) in [6, 6.07) is 8.23. The number of likely N-dealkylation sites (N-methyl/N-ethyl adjacent to an activating group) is 1. The number of hydrogen-bond donors (Lipinski definition) is 1. The Balaban J connectivity index is 2.20. The van der Waals surface area contributed by atoms with E-state index in [9.17, 15) is 0 Å². The highest BCUT2D eigenvalue weighted by Crippen LogP contribution is 2.10. The Morgan fingerprint density at radius 1 is 1.11 bits per heavy atom. The molecule has 102 valence electrons. The molecule has 18 heavy (non-hydrogen) atoms. The van der Waals surface area contributed by atoms with Crippen molar-refractivity contribution in [3.05, 3.63) is 29.8 Å². The molecule has 0 fully saturated rings. The minimum Gasteiger partial charge on any atom is -0.497 e. The van der Waals surface area contributed by atoms with E-state index in [0.29, 0.717) is 0 Å². The lowest BCUT2D eigenvalue weighted by Crippen LogP contribution is -2.32. The number of benzene rings is 1. The zero-order valence-corrected chi connectivity index (χ0v) is 11.9. The highest BCUT2D eigenvalue weighted by Gasteiger charge is 2.00. The maximum atomic E-state index is 5.14. The Morgan fingerprint density at radius 3 is 2.39 bits per heavy atom. The molecule has 0 unspecified atom stereocenters. The van der Waals surface area contributed by atoms with Crippen molar-refractivity contribution in [1.82, 2.24) is 10.2 Å². The summed E-state index contributed by atoms with van der Waals surface area (Å²) in [6.45, 7) is 9.87. The Labute approximate surface area is 111 Å². The number of rotatable bonds is 9. The molecule has 0 radical (unpaired) electrons. The Kier molecular flexibility index (Phi) is 7.46. The van der Waals surface area contributed by atoms with Gasteiger partial charge in [-0.1, -0.05) is 26.0 Å². The van der Waals surface area contributed by atoms with Crippen LogP contribution in [0.5, 0.6) is 5.75 Å². The highest BCUT2D eigenvalue weighted by atomic mass is 16.5. The fourth-order valence-corrected chi connectivity index (χ4v) is 1.96. The van der Waals surface area contributed by atoms with Gasteiger partial charge in [0.1, 0.15) is 5.75 Å². The first-order chi connectivity index (χ1) is 8.80. The molecule has 0 aliphatic carbocycles. The Morgan fingerprint density at radius 2 is 1.83 bits per heavy atom. The second-order valence-electron chi connectivity index (χ2n) is 4.46. The van der Waals surface area contributed by atoms with Crippen LogP contribution >= 0.6 is 0 Å². The van der Waals surface area contributed by atoms with Crippen LogP contribution in [0.2, 0.25) is 0 Å². The predicted molar refractivity (Wildman–Crippen MR) is 77.1 cm³/mol. The van der Waals surface area contributed by atoms with Crippen molar-refractivity contribution >= 4 is 0 Å². The van der Waals surface area contributed by atoms with Crippen molar-refractivity contribution in [2.75, 3.05) is 33.3 Å². The van der Waals surface area contributed by atoms with Crippen LogP contribution < -0.4 is 10.1 Å². The summed E-state index contributed by atoms with van der Waals surface area (Å²) in [5.74, 6) is 0.916. The Hall–Kier alpha value is -1.06. The minimum absolute atomic E-state index is 0.916. The van der Waals surface area contributed by atoms with E-state index in [1.807, 2.05) is 12.1 Å². The standard InChI is InChI=1S/C15H26N2O/c1-4-11-17(5-2)12-10-16-13-14-6-8-15(18-3)9-7-14/h6-9,16H,4-5,10-13H2,1-3H3. The van der Waals surface area contributed by atoms with Crippen LogP contribution in [-0.2, 0) is 6.54 Å². The van der Waals surface area contributed by atoms with Crippen LogP contribution in [0, 0.1) is 0 Å². The average molecular weight is 250 g/mol. The number of ether oxygens (including phenoxy) is 1. The molecule has 3 nitrogen and oxygen atoms in total. The number of nitrogens with one attached hydrogen (secondary N) is 1. The van der Waals surface area contributed by atoms with Gasteiger partial charge in [-0.05, 0) is 37.2 Å². The first-order valence-electron chi connectivity index (χ1n) is 6.86. The van der Waals surface area contributed by atoms with E-state index < -0.39 is 0 Å². The maximum absolute atomic E-state index is 5.14. The third-order valence-electron chi connectivity index (χ3n) is 3.08. The van der Waals surface area contributed by atoms with Crippen molar-refractivity contribution in [3.8, 4) is 5.75 Å². The lowest BCUT2D eigenvalue weighted by Gasteiger charge is -2.19. The first kappa shape index (κ1) is 15.0. The second-order valence-corrected chi connectivity index (χ2v) is 4.46. The summed E-state index contributed by atoms with van der Waals surface area (Å²) in [4.78, 5) is 2.47. The molecule has 0 bridgehead atoms. The van der Waals surface area contributed by atoms with Crippen LogP contribution in [0.3, 0.4) is 0 Å². The molecule has 0 aliphatic heterocycles. The van der Waals surface area contributed by atoms with Crippen molar-refractivity contribution in [2.24, 2.45) is 0 Å². The largest absolute Gasteiger partial charge is 0.497 e. The number of nitrogens with zero attached hydrogens (tertiary/aromatic N) is 1. The van der Waals surface area contributed by atoms with Gasteiger partial charge in [0.15, 0.2) is 0 Å². The van der Waals surface area contributed by atoms with Crippen LogP contribution in [0.25, 0.3) is 0 Å². The number of methoxy groups -OCH3 is 1. The molecule has 0 saturated heterocycles. The molecule has 1 aromatic carbocycles. The van der Waals surface area contributed by atoms with Crippen molar-refractivity contribution < 1.29 is 4.74 Å². The van der Waals surface area contributed by atoms with Crippen molar-refractivity contribution in [3.63, 3.8) is 0 Å². The van der Waals surface area contributed by atoms with Gasteiger partial charge in [-0.25, -0.2) is 0 Å². The molecule has 0 heterocycles. The quantitative estimate of drug-likeness (QED) is 0.682. The predicted octanol–water partition coefficient (Wildman–Crippen LogP) is 2.52. The molecule has 0 saturated carbocycles. The normalized spacial score (nSPS) is 10.9. The summed E-state index contributed by atoms with van der Waals surface area (Å²) in [6.07, 6.45) is 1.23. The van der Waals surface area contributed by atoms with Gasteiger partial charge in [-0.3, -0.25) is 0 Å². The third kappa shape index (κ3) is 5.52. The summed E-state index contributed by atoms with van der Waals surface area (Å²) in [7, 11) is 1.69. The highest BCUT2D eigenvalue weighted by molar-refractivity contribution is 5.26. The van der Waals surface area contributed by atoms with Gasteiger partial charge in [0.2, 0.25) is 0 Å². The first-order valence-corrected chi connectivity index (χ1v) is 6.86. The molecule has 1 rings (SSSR count). The van der Waals surface area contributed by atoms with Gasteiger partial charge in [0.25, 0.3) is 0 Å². The minimum atomic E-state index is 0.916. The topological polar surface area (TPSA) is 24.5 Å². The molecule has 0 spiro atoms. The molecule has 0 atom stereocenters. The summed E-state index contributed by atoms with van der Waals surface area (Å²) in [5, 5.41) is 3.48. The van der Waals surface area contributed by atoms with E-state index in [1.165, 1.54) is 18.5 Å². The summed E-state index contributed by atoms with van der Waals surface area (Å²) < 4.78 is 5.14. The van der Waals surface area contributed by atoms with Gasteiger partial charge in [0.05, 0.1) is 7.11 Å². The monoisotopic (exact) mass is 250 g/mol. The number of hydrogen-bond acceptors (Lipinski definition) is 3. The van der Waals surface area contributed by atoms with Crippen LogP contribution in [-0.4, -0.2) is 38.2 Å². The fraction of sp³-hybridized carbons (Fsp3) is 0.600. The maximum Gasteiger partial charge on any atom is 0.118 e. The van der Waals surface area contributed by atoms with Crippen LogP contribution in [0.1, 0.15) is 25.8 Å². The lowest BCUT2D eigenvalue weighted by atomic mass is 10.2. The lowest BCUT2D eigenvalue weighted by molar-refractivity contribution is 0.287. The van der Waals surface area contributed by atoms with Gasteiger partial charge in [0, 0.05) is 19.6 Å². The van der Waals surface area contributed by atoms with Crippen molar-refractivity contribution in [1.29, 1.82) is 0 Å². The third-order valence-corrected chi connectivity index (χ3v) is 3.08. The van der Waals surface area contributed by atoms with Gasteiger partial charge >= 0.3 is 0 Å².